The quantitative estimate of drug-likeness (QED) is 0.472. The molecule has 7 nitrogen and oxygen atoms in total. The molecule has 10 heteroatoms. The molecule has 0 aromatic heterocycles. The number of benzene rings is 3. The van der Waals surface area contributed by atoms with E-state index in [0.29, 0.717) is 17.0 Å². The van der Waals surface area contributed by atoms with Crippen molar-refractivity contribution in [3.8, 4) is 5.75 Å². The number of ether oxygens (including phenoxy) is 1. The van der Waals surface area contributed by atoms with Crippen LogP contribution in [0.1, 0.15) is 27.0 Å². The number of carbonyl (C=O) groups excluding carboxylic acids is 2. The number of methoxy groups -OCH3 is 1. The molecule has 0 saturated carbocycles. The van der Waals surface area contributed by atoms with Gasteiger partial charge in [-0.3, -0.25) is 14.5 Å². The van der Waals surface area contributed by atoms with E-state index in [4.69, 9.17) is 4.74 Å². The normalized spacial score (nSPS) is 13.6. The van der Waals surface area contributed by atoms with E-state index in [1.165, 1.54) is 48.4 Å². The first-order chi connectivity index (χ1) is 17.6. The minimum Gasteiger partial charge on any atom is -0.496 e. The SMILES string of the molecule is COc1ccccc1CN1C(=O)CN(C(=O)/C=C/c2cccc(C(F)(F)F)c2)c2cc(C(=O)O)ccc21. The minimum absolute atomic E-state index is 0.0926. The standard InChI is InChI=1S/C27H21F3N2O5/c1-37-23-8-3-2-6-19(23)15-31-21-11-10-18(26(35)36)14-22(21)32(16-25(31)34)24(33)12-9-17-5-4-7-20(13-17)27(28,29)30/h2-14H,15-16H2,1H3,(H,35,36)/b12-9+. The van der Waals surface area contributed by atoms with Gasteiger partial charge in [-0.05, 0) is 48.0 Å². The summed E-state index contributed by atoms with van der Waals surface area (Å²) in [4.78, 5) is 40.4. The summed E-state index contributed by atoms with van der Waals surface area (Å²) in [7, 11) is 1.50. The van der Waals surface area contributed by atoms with Crippen LogP contribution in [0.5, 0.6) is 5.75 Å². The number of fused-ring (bicyclic) bond motifs is 1. The highest BCUT2D eigenvalue weighted by molar-refractivity contribution is 6.15. The Morgan fingerprint density at radius 3 is 2.49 bits per heavy atom. The number of hydrogen-bond donors (Lipinski definition) is 1. The smallest absolute Gasteiger partial charge is 0.416 e. The van der Waals surface area contributed by atoms with E-state index in [-0.39, 0.29) is 23.4 Å². The maximum atomic E-state index is 13.1. The van der Waals surface area contributed by atoms with Crippen molar-refractivity contribution in [2.24, 2.45) is 0 Å². The lowest BCUT2D eigenvalue weighted by atomic mass is 10.1. The zero-order valence-corrected chi connectivity index (χ0v) is 19.5. The van der Waals surface area contributed by atoms with Crippen LogP contribution < -0.4 is 14.5 Å². The van der Waals surface area contributed by atoms with Gasteiger partial charge in [-0.25, -0.2) is 4.79 Å². The van der Waals surface area contributed by atoms with Crippen LogP contribution in [0, 0.1) is 0 Å². The number of carbonyl (C=O) groups is 3. The van der Waals surface area contributed by atoms with Gasteiger partial charge < -0.3 is 14.7 Å². The number of amides is 2. The Bertz CT molecular complexity index is 1400. The number of nitrogens with zero attached hydrogens (tertiary/aromatic N) is 2. The zero-order valence-electron chi connectivity index (χ0n) is 19.5. The summed E-state index contributed by atoms with van der Waals surface area (Å²) < 4.78 is 44.4. The number of para-hydroxylation sites is 1. The Hall–Kier alpha value is -4.60. The largest absolute Gasteiger partial charge is 0.496 e. The van der Waals surface area contributed by atoms with Gasteiger partial charge in [-0.2, -0.15) is 13.2 Å². The van der Waals surface area contributed by atoms with Gasteiger partial charge in [-0.1, -0.05) is 30.3 Å². The van der Waals surface area contributed by atoms with Crippen LogP contribution >= 0.6 is 0 Å². The molecular formula is C27H21F3N2O5. The zero-order chi connectivity index (χ0) is 26.7. The highest BCUT2D eigenvalue weighted by Crippen LogP contribution is 2.37. The molecule has 0 aliphatic carbocycles. The van der Waals surface area contributed by atoms with Gasteiger partial charge in [0, 0.05) is 11.6 Å². The van der Waals surface area contributed by atoms with Crippen LogP contribution in [0.3, 0.4) is 0 Å². The van der Waals surface area contributed by atoms with Crippen molar-refractivity contribution in [1.29, 1.82) is 0 Å². The van der Waals surface area contributed by atoms with Gasteiger partial charge in [0.05, 0.1) is 36.2 Å². The molecule has 0 bridgehead atoms. The molecule has 0 unspecified atom stereocenters. The molecule has 4 rings (SSSR count). The lowest BCUT2D eigenvalue weighted by Crippen LogP contribution is -2.47. The van der Waals surface area contributed by atoms with Crippen LogP contribution in [0.4, 0.5) is 24.5 Å². The Morgan fingerprint density at radius 1 is 1.03 bits per heavy atom. The molecule has 0 radical (unpaired) electrons. The van der Waals surface area contributed by atoms with Crippen LogP contribution in [-0.4, -0.2) is 36.5 Å². The average molecular weight is 510 g/mol. The molecule has 0 fully saturated rings. The molecule has 2 amide bonds. The summed E-state index contributed by atoms with van der Waals surface area (Å²) in [6.45, 7) is -0.276. The Morgan fingerprint density at radius 2 is 1.78 bits per heavy atom. The van der Waals surface area contributed by atoms with Crippen molar-refractivity contribution >= 4 is 35.2 Å². The number of hydrogen-bond acceptors (Lipinski definition) is 4. The lowest BCUT2D eigenvalue weighted by Gasteiger charge is -2.36. The van der Waals surface area contributed by atoms with E-state index in [1.54, 1.807) is 24.3 Å². The van der Waals surface area contributed by atoms with E-state index >= 15 is 0 Å². The highest BCUT2D eigenvalue weighted by atomic mass is 19.4. The summed E-state index contributed by atoms with van der Waals surface area (Å²) >= 11 is 0. The third-order valence-corrected chi connectivity index (χ3v) is 5.82. The fraction of sp³-hybridized carbons (Fsp3) is 0.148. The molecule has 0 atom stereocenters. The molecule has 1 N–H and O–H groups in total. The summed E-state index contributed by atoms with van der Waals surface area (Å²) in [5.41, 5.74) is 0.393. The van der Waals surface area contributed by atoms with Crippen LogP contribution in [0.25, 0.3) is 6.08 Å². The molecule has 3 aromatic rings. The third kappa shape index (κ3) is 5.48. The number of carboxylic acids is 1. The number of aromatic carboxylic acids is 1. The maximum absolute atomic E-state index is 13.1. The van der Waals surface area contributed by atoms with Crippen LogP contribution in [0.15, 0.2) is 72.8 Å². The summed E-state index contributed by atoms with van der Waals surface area (Å²) in [6.07, 6.45) is -2.27. The topological polar surface area (TPSA) is 87.2 Å². The van der Waals surface area contributed by atoms with Crippen molar-refractivity contribution in [1.82, 2.24) is 0 Å². The van der Waals surface area contributed by atoms with E-state index in [2.05, 4.69) is 0 Å². The number of carboxylic acid groups (broad SMARTS) is 1. The molecule has 1 aliphatic rings. The van der Waals surface area contributed by atoms with Crippen LogP contribution in [0.2, 0.25) is 0 Å². The maximum Gasteiger partial charge on any atom is 0.416 e. The molecule has 1 aliphatic heterocycles. The number of anilines is 2. The second-order valence-corrected chi connectivity index (χ2v) is 8.18. The lowest BCUT2D eigenvalue weighted by molar-refractivity contribution is -0.137. The summed E-state index contributed by atoms with van der Waals surface area (Å²) in [5.74, 6) is -1.78. The predicted octanol–water partition coefficient (Wildman–Crippen LogP) is 5.01. The molecule has 1 heterocycles. The van der Waals surface area contributed by atoms with Gasteiger partial charge in [0.25, 0.3) is 5.91 Å². The van der Waals surface area contributed by atoms with Crippen LogP contribution in [-0.2, 0) is 22.3 Å². The summed E-state index contributed by atoms with van der Waals surface area (Å²) in [6, 6.07) is 15.6. The molecule has 3 aromatic carbocycles. The number of halogens is 3. The van der Waals surface area contributed by atoms with E-state index in [9.17, 15) is 32.7 Å². The van der Waals surface area contributed by atoms with Gasteiger partial charge in [0.2, 0.25) is 5.91 Å². The fourth-order valence-corrected chi connectivity index (χ4v) is 3.99. The third-order valence-electron chi connectivity index (χ3n) is 5.82. The summed E-state index contributed by atoms with van der Waals surface area (Å²) in [5, 5.41) is 9.47. The first kappa shape index (κ1) is 25.5. The highest BCUT2D eigenvalue weighted by Gasteiger charge is 2.33. The van der Waals surface area contributed by atoms with Gasteiger partial charge in [-0.15, -0.1) is 0 Å². The van der Waals surface area contributed by atoms with Gasteiger partial charge >= 0.3 is 12.1 Å². The first-order valence-electron chi connectivity index (χ1n) is 11.0. The van der Waals surface area contributed by atoms with E-state index in [1.807, 2.05) is 0 Å². The van der Waals surface area contributed by atoms with Crippen molar-refractivity contribution in [2.45, 2.75) is 12.7 Å². The monoisotopic (exact) mass is 510 g/mol. The molecule has 37 heavy (non-hydrogen) atoms. The van der Waals surface area contributed by atoms with Gasteiger partial charge in [0.15, 0.2) is 0 Å². The van der Waals surface area contributed by atoms with Crippen molar-refractivity contribution in [2.75, 3.05) is 23.5 Å². The van der Waals surface area contributed by atoms with E-state index in [0.717, 1.165) is 23.1 Å². The van der Waals surface area contributed by atoms with Gasteiger partial charge in [0.1, 0.15) is 12.3 Å². The molecule has 0 saturated heterocycles. The van der Waals surface area contributed by atoms with E-state index < -0.39 is 36.1 Å². The molecule has 0 spiro atoms. The second kappa shape index (κ2) is 10.2. The Balaban J connectivity index is 1.69. The average Bonchev–Trinajstić information content (AvgIpc) is 2.88. The molecular weight excluding hydrogens is 489 g/mol. The minimum atomic E-state index is -4.54. The molecule has 190 valence electrons. The second-order valence-electron chi connectivity index (χ2n) is 8.18. The van der Waals surface area contributed by atoms with Crippen molar-refractivity contribution in [3.63, 3.8) is 0 Å². The Labute approximate surface area is 210 Å². The fourth-order valence-electron chi connectivity index (χ4n) is 3.99. The number of alkyl halides is 3. The predicted molar refractivity (Wildman–Crippen MR) is 130 cm³/mol. The Kier molecular flexibility index (Phi) is 7.01. The van der Waals surface area contributed by atoms with Crippen molar-refractivity contribution < 1.29 is 37.4 Å². The van der Waals surface area contributed by atoms with Crippen molar-refractivity contribution in [3.05, 3.63) is 95.1 Å². The first-order valence-corrected chi connectivity index (χ1v) is 11.0. The number of rotatable bonds is 6.